The smallest absolute Gasteiger partial charge is 0.325 e. The average molecular weight is 359 g/mol. The van der Waals surface area contributed by atoms with Crippen LogP contribution in [0.4, 0.5) is 18.9 Å². The third kappa shape index (κ3) is 4.17. The molecule has 0 spiro atoms. The van der Waals surface area contributed by atoms with Crippen LogP contribution in [0.5, 0.6) is 0 Å². The van der Waals surface area contributed by atoms with Crippen LogP contribution in [-0.2, 0) is 17.5 Å². The van der Waals surface area contributed by atoms with E-state index in [0.29, 0.717) is 22.5 Å². The summed E-state index contributed by atoms with van der Waals surface area (Å²) >= 11 is 5.54. The molecule has 0 saturated heterocycles. The molecule has 1 heterocycles. The second-order valence-electron chi connectivity index (χ2n) is 5.35. The molecule has 1 aromatic carbocycles. The van der Waals surface area contributed by atoms with Crippen molar-refractivity contribution >= 4 is 23.2 Å². The molecule has 2 rings (SSSR count). The van der Waals surface area contributed by atoms with Gasteiger partial charge in [-0.2, -0.15) is 13.2 Å². The zero-order valence-electron chi connectivity index (χ0n) is 12.9. The largest absolute Gasteiger partial charge is 0.417 e. The number of nitrogens with one attached hydrogen (secondary N) is 1. The topological polar surface area (TPSA) is 51.1 Å². The van der Waals surface area contributed by atoms with Crippen LogP contribution in [0.2, 0.25) is 5.02 Å². The van der Waals surface area contributed by atoms with Crippen LogP contribution < -0.4 is 10.9 Å². The number of halogens is 4. The lowest BCUT2D eigenvalue weighted by Gasteiger charge is -2.12. The molecule has 0 unspecified atom stereocenters. The van der Waals surface area contributed by atoms with Gasteiger partial charge in [-0.25, -0.2) is 0 Å². The van der Waals surface area contributed by atoms with Crippen molar-refractivity contribution in [3.05, 3.63) is 62.5 Å². The van der Waals surface area contributed by atoms with E-state index < -0.39 is 34.8 Å². The number of pyridine rings is 1. The average Bonchev–Trinajstić information content (AvgIpc) is 2.46. The highest BCUT2D eigenvalue weighted by Crippen LogP contribution is 2.29. The van der Waals surface area contributed by atoms with Crippen LogP contribution in [0.25, 0.3) is 0 Å². The second kappa shape index (κ2) is 6.68. The van der Waals surface area contributed by atoms with Crippen molar-refractivity contribution in [3.63, 3.8) is 0 Å². The van der Waals surface area contributed by atoms with Crippen molar-refractivity contribution in [1.82, 2.24) is 4.57 Å². The van der Waals surface area contributed by atoms with E-state index in [1.807, 2.05) is 13.8 Å². The molecule has 128 valence electrons. The molecular formula is C16H14ClF3N2O2. The fourth-order valence-corrected chi connectivity index (χ4v) is 2.27. The minimum absolute atomic E-state index is 0.495. The van der Waals surface area contributed by atoms with Gasteiger partial charge >= 0.3 is 6.18 Å². The quantitative estimate of drug-likeness (QED) is 0.908. The van der Waals surface area contributed by atoms with Gasteiger partial charge in [0, 0.05) is 11.9 Å². The van der Waals surface area contributed by atoms with Gasteiger partial charge in [0.25, 0.3) is 5.56 Å². The predicted octanol–water partition coefficient (Wildman–Crippen LogP) is 3.78. The number of rotatable bonds is 3. The third-order valence-electron chi connectivity index (χ3n) is 3.47. The van der Waals surface area contributed by atoms with E-state index in [9.17, 15) is 22.8 Å². The molecule has 2 aromatic rings. The molecule has 0 fully saturated rings. The zero-order chi connectivity index (χ0) is 18.1. The first-order chi connectivity index (χ1) is 11.1. The number of alkyl halides is 3. The Labute approximate surface area is 140 Å². The van der Waals surface area contributed by atoms with Crippen molar-refractivity contribution in [2.75, 3.05) is 5.32 Å². The Balaban J connectivity index is 2.24. The minimum Gasteiger partial charge on any atom is -0.325 e. The number of amides is 1. The Morgan fingerprint density at radius 1 is 1.21 bits per heavy atom. The number of hydrogen-bond donors (Lipinski definition) is 1. The summed E-state index contributed by atoms with van der Waals surface area (Å²) in [6.45, 7) is 3.20. The van der Waals surface area contributed by atoms with Crippen molar-refractivity contribution in [2.24, 2.45) is 0 Å². The van der Waals surface area contributed by atoms with Gasteiger partial charge in [-0.1, -0.05) is 17.7 Å². The molecule has 0 saturated carbocycles. The van der Waals surface area contributed by atoms with Gasteiger partial charge in [0.2, 0.25) is 5.91 Å². The molecular weight excluding hydrogens is 345 g/mol. The number of aromatic nitrogens is 1. The fourth-order valence-electron chi connectivity index (χ4n) is 2.05. The molecule has 0 radical (unpaired) electrons. The van der Waals surface area contributed by atoms with Crippen molar-refractivity contribution in [1.29, 1.82) is 0 Å². The van der Waals surface area contributed by atoms with Crippen molar-refractivity contribution < 1.29 is 18.0 Å². The van der Waals surface area contributed by atoms with Gasteiger partial charge in [0.15, 0.2) is 0 Å². The van der Waals surface area contributed by atoms with Crippen LogP contribution >= 0.6 is 11.6 Å². The number of benzene rings is 1. The Kier molecular flexibility index (Phi) is 5.03. The Morgan fingerprint density at radius 3 is 2.46 bits per heavy atom. The number of nitrogens with zero attached hydrogens (tertiary/aromatic N) is 1. The lowest BCUT2D eigenvalue weighted by Crippen LogP contribution is -2.29. The van der Waals surface area contributed by atoms with Gasteiger partial charge in [0.1, 0.15) is 11.6 Å². The SMILES string of the molecule is Cc1ccc(NC(=O)Cn2cc(C(F)(F)F)cc(Cl)c2=O)cc1C. The lowest BCUT2D eigenvalue weighted by atomic mass is 10.1. The Bertz CT molecular complexity index is 844. The fraction of sp³-hybridized carbons (Fsp3) is 0.250. The maximum atomic E-state index is 12.8. The normalized spacial score (nSPS) is 11.4. The summed E-state index contributed by atoms with van der Waals surface area (Å²) in [6, 6.07) is 5.75. The molecule has 0 aliphatic rings. The van der Waals surface area contributed by atoms with E-state index in [0.717, 1.165) is 11.1 Å². The monoisotopic (exact) mass is 358 g/mol. The minimum atomic E-state index is -4.66. The first kappa shape index (κ1) is 18.1. The first-order valence-electron chi connectivity index (χ1n) is 6.92. The van der Waals surface area contributed by atoms with Gasteiger partial charge < -0.3 is 9.88 Å². The highest BCUT2D eigenvalue weighted by molar-refractivity contribution is 6.30. The molecule has 0 aliphatic carbocycles. The summed E-state index contributed by atoms with van der Waals surface area (Å²) in [5, 5.41) is 1.95. The molecule has 0 atom stereocenters. The lowest BCUT2D eigenvalue weighted by molar-refractivity contribution is -0.138. The molecule has 0 bridgehead atoms. The zero-order valence-corrected chi connectivity index (χ0v) is 13.6. The number of hydrogen-bond acceptors (Lipinski definition) is 2. The second-order valence-corrected chi connectivity index (χ2v) is 5.76. The van der Waals surface area contributed by atoms with E-state index in [1.165, 1.54) is 0 Å². The molecule has 0 aliphatic heterocycles. The van der Waals surface area contributed by atoms with E-state index in [2.05, 4.69) is 5.32 Å². The van der Waals surface area contributed by atoms with E-state index in [-0.39, 0.29) is 0 Å². The summed E-state index contributed by atoms with van der Waals surface area (Å²) in [6.07, 6.45) is -4.09. The predicted molar refractivity (Wildman–Crippen MR) is 85.3 cm³/mol. The Hall–Kier alpha value is -2.28. The molecule has 4 nitrogen and oxygen atoms in total. The first-order valence-corrected chi connectivity index (χ1v) is 7.30. The van der Waals surface area contributed by atoms with Gasteiger partial charge in [0.05, 0.1) is 5.56 Å². The standard InChI is InChI=1S/C16H14ClF3N2O2/c1-9-3-4-12(5-10(9)2)21-14(23)8-22-7-11(16(18,19)20)6-13(17)15(22)24/h3-7H,8H2,1-2H3,(H,21,23). The van der Waals surface area contributed by atoms with Gasteiger partial charge in [-0.05, 0) is 43.2 Å². The molecule has 8 heteroatoms. The highest BCUT2D eigenvalue weighted by Gasteiger charge is 2.32. The maximum absolute atomic E-state index is 12.8. The Morgan fingerprint density at radius 2 is 1.88 bits per heavy atom. The van der Waals surface area contributed by atoms with Crippen molar-refractivity contribution in [3.8, 4) is 0 Å². The highest BCUT2D eigenvalue weighted by atomic mass is 35.5. The number of carbonyl (C=O) groups is 1. The summed E-state index contributed by atoms with van der Waals surface area (Å²) in [7, 11) is 0. The summed E-state index contributed by atoms with van der Waals surface area (Å²) in [5.74, 6) is -0.629. The third-order valence-corrected chi connectivity index (χ3v) is 3.75. The van der Waals surface area contributed by atoms with Crippen LogP contribution in [0.15, 0.2) is 35.3 Å². The van der Waals surface area contributed by atoms with E-state index in [4.69, 9.17) is 11.6 Å². The van der Waals surface area contributed by atoms with Crippen LogP contribution in [0.3, 0.4) is 0 Å². The van der Waals surface area contributed by atoms with Crippen LogP contribution in [-0.4, -0.2) is 10.5 Å². The van der Waals surface area contributed by atoms with Crippen LogP contribution in [0, 0.1) is 13.8 Å². The van der Waals surface area contributed by atoms with E-state index in [1.54, 1.807) is 18.2 Å². The van der Waals surface area contributed by atoms with Gasteiger partial charge in [-0.3, -0.25) is 9.59 Å². The van der Waals surface area contributed by atoms with Gasteiger partial charge in [-0.15, -0.1) is 0 Å². The summed E-state index contributed by atoms with van der Waals surface area (Å²) in [5.41, 5.74) is 0.529. The molecule has 1 amide bonds. The number of aryl methyl sites for hydroxylation is 2. The van der Waals surface area contributed by atoms with Crippen LogP contribution in [0.1, 0.15) is 16.7 Å². The summed E-state index contributed by atoms with van der Waals surface area (Å²) in [4.78, 5) is 23.8. The molecule has 24 heavy (non-hydrogen) atoms. The van der Waals surface area contributed by atoms with Crippen molar-refractivity contribution in [2.45, 2.75) is 26.6 Å². The maximum Gasteiger partial charge on any atom is 0.417 e. The molecule has 1 aromatic heterocycles. The van der Waals surface area contributed by atoms with E-state index >= 15 is 0 Å². The summed E-state index contributed by atoms with van der Waals surface area (Å²) < 4.78 is 39.0. The molecule has 1 N–H and O–H groups in total. The number of anilines is 1. The number of carbonyl (C=O) groups excluding carboxylic acids is 1.